The molecule has 0 bridgehead atoms. The summed E-state index contributed by atoms with van der Waals surface area (Å²) in [5.41, 5.74) is 1.17. The smallest absolute Gasteiger partial charge is 0.265 e. The number of para-hydroxylation sites is 1. The summed E-state index contributed by atoms with van der Waals surface area (Å²) in [6.07, 6.45) is -0.723. The normalized spacial score (nSPS) is 15.1. The van der Waals surface area contributed by atoms with Gasteiger partial charge in [0.2, 0.25) is 0 Å². The number of ether oxygens (including phenoxy) is 2. The molecule has 1 heterocycles. The molecule has 0 saturated carbocycles. The van der Waals surface area contributed by atoms with E-state index in [1.165, 1.54) is 0 Å². The molecule has 2 aromatic rings. The van der Waals surface area contributed by atoms with Crippen LogP contribution in [0.4, 0.5) is 5.69 Å². The Labute approximate surface area is 163 Å². The Morgan fingerprint density at radius 2 is 1.78 bits per heavy atom. The maximum atomic E-state index is 12.4. The van der Waals surface area contributed by atoms with Gasteiger partial charge in [-0.1, -0.05) is 23.7 Å². The third-order valence-electron chi connectivity index (χ3n) is 4.21. The molecule has 7 heteroatoms. The van der Waals surface area contributed by atoms with E-state index in [4.69, 9.17) is 21.1 Å². The van der Waals surface area contributed by atoms with Gasteiger partial charge in [0.15, 0.2) is 6.10 Å². The van der Waals surface area contributed by atoms with Crippen LogP contribution in [0.2, 0.25) is 5.02 Å². The Balaban J connectivity index is 1.58. The van der Waals surface area contributed by atoms with Crippen molar-refractivity contribution in [1.82, 2.24) is 4.90 Å². The molecule has 1 aliphatic rings. The molecule has 1 atom stereocenters. The fraction of sp³-hybridized carbons (Fsp3) is 0.300. The van der Waals surface area contributed by atoms with Crippen LogP contribution in [-0.2, 0) is 9.53 Å². The van der Waals surface area contributed by atoms with E-state index >= 15 is 0 Å². The highest BCUT2D eigenvalue weighted by molar-refractivity contribution is 6.32. The lowest BCUT2D eigenvalue weighted by molar-refractivity contribution is -0.122. The van der Waals surface area contributed by atoms with Crippen molar-refractivity contribution in [3.63, 3.8) is 0 Å². The van der Waals surface area contributed by atoms with E-state index in [1.807, 2.05) is 0 Å². The summed E-state index contributed by atoms with van der Waals surface area (Å²) in [5.74, 6) is 0.113. The van der Waals surface area contributed by atoms with Gasteiger partial charge in [0.1, 0.15) is 5.75 Å². The molecule has 0 aromatic heterocycles. The standard InChI is InChI=1S/C20H21ClN2O4/c1-14(27-18-5-3-2-4-17(18)21)19(24)22-16-8-6-15(7-9-16)20(25)23-10-12-26-13-11-23/h2-9,14H,10-13H2,1H3,(H,22,24). The number of carbonyl (C=O) groups is 2. The average Bonchev–Trinajstić information content (AvgIpc) is 2.70. The van der Waals surface area contributed by atoms with E-state index in [0.29, 0.717) is 48.3 Å². The van der Waals surface area contributed by atoms with Crippen LogP contribution in [0.3, 0.4) is 0 Å². The fourth-order valence-corrected chi connectivity index (χ4v) is 2.85. The minimum atomic E-state index is -0.723. The van der Waals surface area contributed by atoms with Crippen LogP contribution in [-0.4, -0.2) is 49.1 Å². The number of morpholine rings is 1. The van der Waals surface area contributed by atoms with Crippen LogP contribution in [0, 0.1) is 0 Å². The lowest BCUT2D eigenvalue weighted by atomic mass is 10.1. The number of hydrogen-bond donors (Lipinski definition) is 1. The fourth-order valence-electron chi connectivity index (χ4n) is 2.67. The van der Waals surface area contributed by atoms with Crippen molar-refractivity contribution >= 4 is 29.1 Å². The molecular weight excluding hydrogens is 368 g/mol. The van der Waals surface area contributed by atoms with Crippen LogP contribution in [0.25, 0.3) is 0 Å². The molecule has 0 radical (unpaired) electrons. The first-order valence-electron chi connectivity index (χ1n) is 8.74. The molecule has 142 valence electrons. The number of nitrogens with one attached hydrogen (secondary N) is 1. The zero-order valence-corrected chi connectivity index (χ0v) is 15.7. The zero-order valence-electron chi connectivity index (χ0n) is 15.0. The van der Waals surface area contributed by atoms with Gasteiger partial charge in [-0.3, -0.25) is 9.59 Å². The Hall–Kier alpha value is -2.57. The summed E-state index contributed by atoms with van der Waals surface area (Å²) < 4.78 is 10.9. The van der Waals surface area contributed by atoms with Gasteiger partial charge >= 0.3 is 0 Å². The van der Waals surface area contributed by atoms with Gasteiger partial charge in [0.05, 0.1) is 18.2 Å². The van der Waals surface area contributed by atoms with Gasteiger partial charge < -0.3 is 19.7 Å². The summed E-state index contributed by atoms with van der Waals surface area (Å²) in [6.45, 7) is 3.95. The van der Waals surface area contributed by atoms with E-state index in [0.717, 1.165) is 0 Å². The lowest BCUT2D eigenvalue weighted by Gasteiger charge is -2.26. The highest BCUT2D eigenvalue weighted by Crippen LogP contribution is 2.24. The van der Waals surface area contributed by atoms with Crippen molar-refractivity contribution in [2.45, 2.75) is 13.0 Å². The molecule has 2 aromatic carbocycles. The molecule has 3 rings (SSSR count). The summed E-state index contributed by atoms with van der Waals surface area (Å²) in [7, 11) is 0. The third kappa shape index (κ3) is 4.99. The van der Waals surface area contributed by atoms with E-state index in [-0.39, 0.29) is 11.8 Å². The van der Waals surface area contributed by atoms with Gasteiger partial charge in [-0.25, -0.2) is 0 Å². The summed E-state index contributed by atoms with van der Waals surface area (Å²) in [4.78, 5) is 26.5. The van der Waals surface area contributed by atoms with Crippen molar-refractivity contribution in [3.05, 3.63) is 59.1 Å². The summed E-state index contributed by atoms with van der Waals surface area (Å²) in [6, 6.07) is 13.8. The van der Waals surface area contributed by atoms with Crippen molar-refractivity contribution in [2.75, 3.05) is 31.6 Å². The molecule has 1 fully saturated rings. The number of hydrogen-bond acceptors (Lipinski definition) is 4. The lowest BCUT2D eigenvalue weighted by Crippen LogP contribution is -2.40. The number of benzene rings is 2. The molecule has 0 spiro atoms. The first kappa shape index (κ1) is 19.2. The van der Waals surface area contributed by atoms with Crippen molar-refractivity contribution in [1.29, 1.82) is 0 Å². The van der Waals surface area contributed by atoms with Gasteiger partial charge in [-0.05, 0) is 43.3 Å². The Morgan fingerprint density at radius 3 is 2.44 bits per heavy atom. The van der Waals surface area contributed by atoms with E-state index < -0.39 is 6.10 Å². The molecular formula is C20H21ClN2O4. The average molecular weight is 389 g/mol. The minimum Gasteiger partial charge on any atom is -0.479 e. The van der Waals surface area contributed by atoms with Crippen molar-refractivity contribution in [2.24, 2.45) is 0 Å². The highest BCUT2D eigenvalue weighted by Gasteiger charge is 2.19. The number of amides is 2. The second kappa shape index (κ2) is 8.88. The second-order valence-electron chi connectivity index (χ2n) is 6.16. The number of carbonyl (C=O) groups excluding carboxylic acids is 2. The van der Waals surface area contributed by atoms with Gasteiger partial charge in [0, 0.05) is 24.3 Å². The quantitative estimate of drug-likeness (QED) is 0.854. The van der Waals surface area contributed by atoms with Gasteiger partial charge in [-0.15, -0.1) is 0 Å². The predicted octanol–water partition coefficient (Wildman–Crippen LogP) is 3.22. The number of rotatable bonds is 5. The molecule has 1 unspecified atom stereocenters. The highest BCUT2D eigenvalue weighted by atomic mass is 35.5. The maximum absolute atomic E-state index is 12.4. The number of nitrogens with zero attached hydrogens (tertiary/aromatic N) is 1. The molecule has 27 heavy (non-hydrogen) atoms. The molecule has 1 aliphatic heterocycles. The Bertz CT molecular complexity index is 804. The second-order valence-corrected chi connectivity index (χ2v) is 6.57. The van der Waals surface area contributed by atoms with Crippen molar-refractivity contribution < 1.29 is 19.1 Å². The van der Waals surface area contributed by atoms with Crippen molar-refractivity contribution in [3.8, 4) is 5.75 Å². The SMILES string of the molecule is CC(Oc1ccccc1Cl)C(=O)Nc1ccc(C(=O)N2CCOCC2)cc1. The number of anilines is 1. The summed E-state index contributed by atoms with van der Waals surface area (Å²) in [5, 5.41) is 3.22. The molecule has 0 aliphatic carbocycles. The minimum absolute atomic E-state index is 0.0356. The Kier molecular flexibility index (Phi) is 6.32. The topological polar surface area (TPSA) is 67.9 Å². The zero-order chi connectivity index (χ0) is 19.2. The molecule has 1 saturated heterocycles. The van der Waals surface area contributed by atoms with E-state index in [2.05, 4.69) is 5.32 Å². The van der Waals surface area contributed by atoms with Crippen LogP contribution in [0.15, 0.2) is 48.5 Å². The van der Waals surface area contributed by atoms with Gasteiger partial charge in [-0.2, -0.15) is 0 Å². The first-order chi connectivity index (χ1) is 13.0. The maximum Gasteiger partial charge on any atom is 0.265 e. The molecule has 2 amide bonds. The molecule has 6 nitrogen and oxygen atoms in total. The third-order valence-corrected chi connectivity index (χ3v) is 4.52. The van der Waals surface area contributed by atoms with Crippen LogP contribution in [0.5, 0.6) is 5.75 Å². The predicted molar refractivity (Wildman–Crippen MR) is 103 cm³/mol. The van der Waals surface area contributed by atoms with Crippen LogP contribution < -0.4 is 10.1 Å². The largest absolute Gasteiger partial charge is 0.479 e. The van der Waals surface area contributed by atoms with Gasteiger partial charge in [0.25, 0.3) is 11.8 Å². The Morgan fingerprint density at radius 1 is 1.11 bits per heavy atom. The van der Waals surface area contributed by atoms with Crippen LogP contribution >= 0.6 is 11.6 Å². The first-order valence-corrected chi connectivity index (χ1v) is 9.11. The summed E-state index contributed by atoms with van der Waals surface area (Å²) >= 11 is 6.04. The monoisotopic (exact) mass is 388 g/mol. The van der Waals surface area contributed by atoms with E-state index in [9.17, 15) is 9.59 Å². The van der Waals surface area contributed by atoms with Crippen LogP contribution in [0.1, 0.15) is 17.3 Å². The molecule has 1 N–H and O–H groups in total. The number of halogens is 1. The van der Waals surface area contributed by atoms with E-state index in [1.54, 1.807) is 60.4 Å².